The van der Waals surface area contributed by atoms with E-state index >= 15 is 0 Å². The summed E-state index contributed by atoms with van der Waals surface area (Å²) >= 11 is 0. The van der Waals surface area contributed by atoms with Crippen molar-refractivity contribution in [1.82, 2.24) is 14.4 Å². The van der Waals surface area contributed by atoms with E-state index in [-0.39, 0.29) is 17.6 Å². The van der Waals surface area contributed by atoms with Crippen molar-refractivity contribution < 1.29 is 37.4 Å². The van der Waals surface area contributed by atoms with E-state index in [0.717, 1.165) is 5.56 Å². The number of carboxylic acids is 2. The lowest BCUT2D eigenvalue weighted by molar-refractivity contribution is -0.192. The molecule has 0 saturated heterocycles. The van der Waals surface area contributed by atoms with Gasteiger partial charge in [0.15, 0.2) is 17.2 Å². The minimum absolute atomic E-state index is 0.0607. The van der Waals surface area contributed by atoms with E-state index in [2.05, 4.69) is 15.3 Å². The summed E-state index contributed by atoms with van der Waals surface area (Å²) in [6.45, 7) is 1.86. The zero-order valence-corrected chi connectivity index (χ0v) is 14.7. The van der Waals surface area contributed by atoms with Crippen LogP contribution in [-0.2, 0) is 4.79 Å². The minimum Gasteiger partial charge on any atom is -0.476 e. The topological polar surface area (TPSA) is 117 Å². The first-order chi connectivity index (χ1) is 13.5. The number of nitrogens with zero attached hydrogens (tertiary/aromatic N) is 3. The number of carbonyl (C=O) groups is 2. The molecule has 2 aromatic heterocycles. The molecule has 154 valence electrons. The summed E-state index contributed by atoms with van der Waals surface area (Å²) in [5, 5.41) is 19.3. The molecule has 0 aliphatic rings. The van der Waals surface area contributed by atoms with E-state index in [0.29, 0.717) is 11.5 Å². The molecule has 0 amide bonds. The molecule has 0 aliphatic heterocycles. The average molecular weight is 414 g/mol. The van der Waals surface area contributed by atoms with Crippen LogP contribution in [0.15, 0.2) is 42.9 Å². The van der Waals surface area contributed by atoms with Crippen molar-refractivity contribution in [1.29, 1.82) is 0 Å². The smallest absolute Gasteiger partial charge is 0.476 e. The fraction of sp³-hybridized carbons (Fsp3) is 0.176. The lowest BCUT2D eigenvalue weighted by Gasteiger charge is -2.15. The molecule has 3 aromatic rings. The lowest BCUT2D eigenvalue weighted by atomic mass is 10.1. The van der Waals surface area contributed by atoms with Gasteiger partial charge in [0.2, 0.25) is 0 Å². The SMILES string of the molecule is C[C@@H](Nc1nccn2cc(C(=O)O)nc12)c1cccc(F)c1.O=C(O)C(F)(F)F. The van der Waals surface area contributed by atoms with Crippen molar-refractivity contribution in [2.75, 3.05) is 5.32 Å². The standard InChI is InChI=1S/C15H13FN4O2.C2HF3O2/c1-9(10-3-2-4-11(16)7-10)18-13-14-19-12(15(21)22)8-20(14)6-5-17-13;3-2(4,5)1(6)7/h2-9H,1H3,(H,17,18)(H,21,22);(H,6,7)/t9-;/m1./s1. The molecular formula is C17H14F4N4O4. The van der Waals surface area contributed by atoms with Gasteiger partial charge >= 0.3 is 18.1 Å². The summed E-state index contributed by atoms with van der Waals surface area (Å²) in [7, 11) is 0. The molecule has 0 saturated carbocycles. The molecule has 0 bridgehead atoms. The molecule has 0 fully saturated rings. The molecule has 0 spiro atoms. The first kappa shape index (κ1) is 21.6. The Morgan fingerprint density at radius 3 is 2.45 bits per heavy atom. The van der Waals surface area contributed by atoms with E-state index in [4.69, 9.17) is 15.0 Å². The van der Waals surface area contributed by atoms with Gasteiger partial charge in [0.1, 0.15) is 5.82 Å². The number of rotatable bonds is 4. The number of aliphatic carboxylic acids is 1. The van der Waals surface area contributed by atoms with E-state index in [1.54, 1.807) is 28.9 Å². The number of halogens is 4. The van der Waals surface area contributed by atoms with Crippen LogP contribution in [0.25, 0.3) is 5.65 Å². The highest BCUT2D eigenvalue weighted by molar-refractivity contribution is 5.86. The first-order valence-corrected chi connectivity index (χ1v) is 7.88. The van der Waals surface area contributed by atoms with Crippen LogP contribution in [0.4, 0.5) is 23.4 Å². The molecule has 1 aromatic carbocycles. The van der Waals surface area contributed by atoms with Crippen molar-refractivity contribution in [3.63, 3.8) is 0 Å². The fourth-order valence-corrected chi connectivity index (χ4v) is 2.19. The number of alkyl halides is 3. The average Bonchev–Trinajstić information content (AvgIpc) is 3.07. The number of anilines is 1. The number of aromatic carboxylic acids is 1. The van der Waals surface area contributed by atoms with Crippen LogP contribution < -0.4 is 5.32 Å². The van der Waals surface area contributed by atoms with Gasteiger partial charge in [-0.2, -0.15) is 13.2 Å². The van der Waals surface area contributed by atoms with Crippen LogP contribution in [0.3, 0.4) is 0 Å². The highest BCUT2D eigenvalue weighted by atomic mass is 19.4. The van der Waals surface area contributed by atoms with Crippen molar-refractivity contribution in [3.8, 4) is 0 Å². The fourth-order valence-electron chi connectivity index (χ4n) is 2.19. The van der Waals surface area contributed by atoms with Gasteiger partial charge in [-0.1, -0.05) is 12.1 Å². The number of aromatic nitrogens is 3. The Bertz CT molecular complexity index is 1040. The maximum absolute atomic E-state index is 13.3. The van der Waals surface area contributed by atoms with Crippen LogP contribution in [0.1, 0.15) is 29.0 Å². The van der Waals surface area contributed by atoms with E-state index < -0.39 is 18.1 Å². The van der Waals surface area contributed by atoms with Gasteiger partial charge in [-0.05, 0) is 24.6 Å². The molecular weight excluding hydrogens is 400 g/mol. The van der Waals surface area contributed by atoms with Crippen molar-refractivity contribution in [2.45, 2.75) is 19.1 Å². The van der Waals surface area contributed by atoms with Gasteiger partial charge < -0.3 is 19.9 Å². The number of benzene rings is 1. The van der Waals surface area contributed by atoms with Gasteiger partial charge in [0.05, 0.1) is 6.04 Å². The molecule has 0 radical (unpaired) electrons. The molecule has 1 atom stereocenters. The lowest BCUT2D eigenvalue weighted by Crippen LogP contribution is -2.21. The van der Waals surface area contributed by atoms with E-state index in [1.807, 2.05) is 6.92 Å². The third kappa shape index (κ3) is 5.64. The second kappa shape index (κ2) is 8.54. The third-order valence-corrected chi connectivity index (χ3v) is 3.54. The highest BCUT2D eigenvalue weighted by Gasteiger charge is 2.38. The minimum atomic E-state index is -5.08. The van der Waals surface area contributed by atoms with Crippen LogP contribution in [-0.4, -0.2) is 42.7 Å². The number of fused-ring (bicyclic) bond motifs is 1. The zero-order valence-electron chi connectivity index (χ0n) is 14.7. The maximum Gasteiger partial charge on any atom is 0.490 e. The Kier molecular flexibility index (Phi) is 6.36. The third-order valence-electron chi connectivity index (χ3n) is 3.54. The number of hydrogen-bond donors (Lipinski definition) is 3. The highest BCUT2D eigenvalue weighted by Crippen LogP contribution is 2.21. The first-order valence-electron chi connectivity index (χ1n) is 7.88. The van der Waals surface area contributed by atoms with E-state index in [9.17, 15) is 22.4 Å². The Labute approximate surface area is 160 Å². The number of imidazole rings is 1. The monoisotopic (exact) mass is 414 g/mol. The molecule has 0 unspecified atom stereocenters. The molecule has 3 N–H and O–H groups in total. The molecule has 2 heterocycles. The summed E-state index contributed by atoms with van der Waals surface area (Å²) < 4.78 is 46.6. The Morgan fingerprint density at radius 1 is 1.24 bits per heavy atom. The normalized spacial score (nSPS) is 12.0. The molecule has 12 heteroatoms. The maximum atomic E-state index is 13.3. The largest absolute Gasteiger partial charge is 0.490 e. The van der Waals surface area contributed by atoms with Crippen LogP contribution in [0, 0.1) is 5.82 Å². The van der Waals surface area contributed by atoms with Crippen molar-refractivity contribution >= 4 is 23.4 Å². The second-order valence-corrected chi connectivity index (χ2v) is 5.66. The van der Waals surface area contributed by atoms with Crippen LogP contribution in [0.2, 0.25) is 0 Å². The van der Waals surface area contributed by atoms with Crippen LogP contribution in [0.5, 0.6) is 0 Å². The van der Waals surface area contributed by atoms with Crippen molar-refractivity contribution in [3.05, 3.63) is 59.9 Å². The van der Waals surface area contributed by atoms with E-state index in [1.165, 1.54) is 18.3 Å². The quantitative estimate of drug-likeness (QED) is 0.561. The summed E-state index contributed by atoms with van der Waals surface area (Å²) in [6, 6.07) is 6.04. The molecule has 0 aliphatic carbocycles. The summed E-state index contributed by atoms with van der Waals surface area (Å²) in [6.07, 6.45) is -0.509. The van der Waals surface area contributed by atoms with Gasteiger partial charge in [0, 0.05) is 18.6 Å². The zero-order chi connectivity index (χ0) is 21.8. The predicted octanol–water partition coefficient (Wildman–Crippen LogP) is 3.37. The van der Waals surface area contributed by atoms with Gasteiger partial charge in [-0.25, -0.2) is 23.9 Å². The molecule has 3 rings (SSSR count). The van der Waals surface area contributed by atoms with Gasteiger partial charge in [-0.3, -0.25) is 0 Å². The summed E-state index contributed by atoms with van der Waals surface area (Å²) in [5.41, 5.74) is 1.10. The Morgan fingerprint density at radius 2 is 1.90 bits per heavy atom. The number of nitrogens with one attached hydrogen (secondary N) is 1. The molecule has 29 heavy (non-hydrogen) atoms. The van der Waals surface area contributed by atoms with Crippen LogP contribution >= 0.6 is 0 Å². The second-order valence-electron chi connectivity index (χ2n) is 5.66. The Hall–Kier alpha value is -3.70. The van der Waals surface area contributed by atoms with Gasteiger partial charge in [0.25, 0.3) is 0 Å². The molecule has 8 nitrogen and oxygen atoms in total. The number of hydrogen-bond acceptors (Lipinski definition) is 5. The summed E-state index contributed by atoms with van der Waals surface area (Å²) in [5.74, 6) is -3.74. The van der Waals surface area contributed by atoms with Crippen molar-refractivity contribution in [2.24, 2.45) is 0 Å². The Balaban J connectivity index is 0.000000370. The predicted molar refractivity (Wildman–Crippen MR) is 92.1 cm³/mol. The number of carboxylic acid groups (broad SMARTS) is 2. The van der Waals surface area contributed by atoms with Gasteiger partial charge in [-0.15, -0.1) is 0 Å². The summed E-state index contributed by atoms with van der Waals surface area (Å²) in [4.78, 5) is 28.1.